The fraction of sp³-hybridized carbons (Fsp3) is 0.278. The fourth-order valence-corrected chi connectivity index (χ4v) is 2.24. The van der Waals surface area contributed by atoms with Gasteiger partial charge in [-0.05, 0) is 33.5 Å². The highest BCUT2D eigenvalue weighted by Crippen LogP contribution is 2.15. The van der Waals surface area contributed by atoms with E-state index in [0.29, 0.717) is 0 Å². The van der Waals surface area contributed by atoms with Crippen LogP contribution >= 0.6 is 0 Å². The predicted octanol–water partition coefficient (Wildman–Crippen LogP) is 4.91. The Bertz CT molecular complexity index is 574. The van der Waals surface area contributed by atoms with E-state index in [2.05, 4.69) is 87.2 Å². The summed E-state index contributed by atoms with van der Waals surface area (Å²) in [5, 5.41) is 4.47. The topological polar surface area (TPSA) is 21.6 Å². The SMILES string of the molecule is Cc1ccc(C(=NO[Si](C)(C)C)c2ccc(C)cc2)cc1. The van der Waals surface area contributed by atoms with Crippen LogP contribution in [-0.4, -0.2) is 14.0 Å². The molecule has 21 heavy (non-hydrogen) atoms. The van der Waals surface area contributed by atoms with Gasteiger partial charge in [-0.25, -0.2) is 0 Å². The average Bonchev–Trinajstić information content (AvgIpc) is 2.41. The average molecular weight is 297 g/mol. The molecule has 0 unspecified atom stereocenters. The number of hydrogen-bond acceptors (Lipinski definition) is 2. The predicted molar refractivity (Wildman–Crippen MR) is 92.4 cm³/mol. The number of oxime groups is 1. The van der Waals surface area contributed by atoms with E-state index in [1.807, 2.05) is 0 Å². The van der Waals surface area contributed by atoms with Gasteiger partial charge in [-0.1, -0.05) is 59.7 Å². The third-order valence-corrected chi connectivity index (χ3v) is 3.70. The van der Waals surface area contributed by atoms with Gasteiger partial charge in [0.15, 0.2) is 0 Å². The molecule has 0 spiro atoms. The van der Waals surface area contributed by atoms with E-state index in [9.17, 15) is 0 Å². The van der Waals surface area contributed by atoms with E-state index in [1.54, 1.807) is 0 Å². The van der Waals surface area contributed by atoms with Gasteiger partial charge in [0.2, 0.25) is 0 Å². The third-order valence-electron chi connectivity index (χ3n) is 3.06. The van der Waals surface area contributed by atoms with E-state index in [1.165, 1.54) is 11.1 Å². The van der Waals surface area contributed by atoms with Gasteiger partial charge in [-0.2, -0.15) is 0 Å². The van der Waals surface area contributed by atoms with E-state index < -0.39 is 8.32 Å². The summed E-state index contributed by atoms with van der Waals surface area (Å²) in [7, 11) is -1.70. The van der Waals surface area contributed by atoms with Gasteiger partial charge in [-0.3, -0.25) is 0 Å². The van der Waals surface area contributed by atoms with Gasteiger partial charge in [-0.15, -0.1) is 5.16 Å². The van der Waals surface area contributed by atoms with Crippen molar-refractivity contribution >= 4 is 14.0 Å². The molecule has 0 saturated heterocycles. The summed E-state index contributed by atoms with van der Waals surface area (Å²) in [6, 6.07) is 16.8. The van der Waals surface area contributed by atoms with Crippen molar-refractivity contribution in [3.8, 4) is 0 Å². The van der Waals surface area contributed by atoms with Crippen molar-refractivity contribution in [2.24, 2.45) is 5.16 Å². The van der Waals surface area contributed by atoms with Gasteiger partial charge < -0.3 is 4.53 Å². The van der Waals surface area contributed by atoms with Gasteiger partial charge >= 0.3 is 0 Å². The molecule has 2 aromatic rings. The van der Waals surface area contributed by atoms with Crippen molar-refractivity contribution in [2.45, 2.75) is 33.5 Å². The molecule has 0 saturated carbocycles. The Kier molecular flexibility index (Phi) is 4.63. The van der Waals surface area contributed by atoms with E-state index in [4.69, 9.17) is 4.53 Å². The lowest BCUT2D eigenvalue weighted by Gasteiger charge is -2.15. The Hall–Kier alpha value is -1.87. The number of rotatable bonds is 4. The smallest absolute Gasteiger partial charge is 0.278 e. The van der Waals surface area contributed by atoms with Crippen molar-refractivity contribution in [1.29, 1.82) is 0 Å². The minimum Gasteiger partial charge on any atom is -0.455 e. The molecule has 0 N–H and O–H groups in total. The lowest BCUT2D eigenvalue weighted by atomic mass is 10.0. The van der Waals surface area contributed by atoms with Gasteiger partial charge in [0.05, 0.1) is 0 Å². The Balaban J connectivity index is 2.43. The molecule has 2 rings (SSSR count). The van der Waals surface area contributed by atoms with Crippen LogP contribution < -0.4 is 0 Å². The standard InChI is InChI=1S/C18H23NOSi/c1-14-6-10-16(11-7-14)18(19-20-21(3,4)5)17-12-8-15(2)9-13-17/h6-13H,1-5H3. The molecule has 0 atom stereocenters. The number of benzene rings is 2. The molecular formula is C18H23NOSi. The summed E-state index contributed by atoms with van der Waals surface area (Å²) >= 11 is 0. The highest BCUT2D eigenvalue weighted by Gasteiger charge is 2.17. The first-order chi connectivity index (χ1) is 9.85. The Morgan fingerprint density at radius 2 is 1.14 bits per heavy atom. The maximum Gasteiger partial charge on any atom is 0.278 e. The Labute approximate surface area is 128 Å². The molecule has 2 aromatic carbocycles. The highest BCUT2D eigenvalue weighted by atomic mass is 28.4. The molecule has 0 amide bonds. The third kappa shape index (κ3) is 4.57. The maximum absolute atomic E-state index is 5.79. The van der Waals surface area contributed by atoms with Crippen molar-refractivity contribution in [3.05, 3.63) is 70.8 Å². The second kappa shape index (κ2) is 6.27. The number of hydrogen-bond donors (Lipinski definition) is 0. The zero-order valence-electron chi connectivity index (χ0n) is 13.5. The summed E-state index contributed by atoms with van der Waals surface area (Å²) in [4.78, 5) is 0. The first kappa shape index (κ1) is 15.5. The first-order valence-electron chi connectivity index (χ1n) is 7.25. The van der Waals surface area contributed by atoms with Crippen LogP contribution in [0.2, 0.25) is 19.6 Å². The lowest BCUT2D eigenvalue weighted by molar-refractivity contribution is 0.336. The van der Waals surface area contributed by atoms with Crippen LogP contribution in [0.25, 0.3) is 0 Å². The maximum atomic E-state index is 5.79. The summed E-state index contributed by atoms with van der Waals surface area (Å²) in [6.07, 6.45) is 0. The Morgan fingerprint density at radius 1 is 0.762 bits per heavy atom. The zero-order chi connectivity index (χ0) is 15.5. The fourth-order valence-electron chi connectivity index (χ4n) is 1.88. The van der Waals surface area contributed by atoms with Gasteiger partial charge in [0.25, 0.3) is 8.32 Å². The molecule has 0 aromatic heterocycles. The first-order valence-corrected chi connectivity index (χ1v) is 10.7. The molecule has 2 nitrogen and oxygen atoms in total. The normalized spacial score (nSPS) is 11.1. The van der Waals surface area contributed by atoms with Crippen LogP contribution in [0.15, 0.2) is 53.7 Å². The van der Waals surface area contributed by atoms with Crippen molar-refractivity contribution in [3.63, 3.8) is 0 Å². The van der Waals surface area contributed by atoms with Crippen LogP contribution in [0.1, 0.15) is 22.3 Å². The summed E-state index contributed by atoms with van der Waals surface area (Å²) in [5.74, 6) is 0. The summed E-state index contributed by atoms with van der Waals surface area (Å²) in [5.41, 5.74) is 5.56. The number of nitrogens with zero attached hydrogens (tertiary/aromatic N) is 1. The molecule has 0 radical (unpaired) electrons. The molecule has 0 aliphatic carbocycles. The summed E-state index contributed by atoms with van der Waals surface area (Å²) in [6.45, 7) is 10.6. The van der Waals surface area contributed by atoms with Crippen LogP contribution in [-0.2, 0) is 4.53 Å². The van der Waals surface area contributed by atoms with Crippen LogP contribution in [0, 0.1) is 13.8 Å². The molecule has 110 valence electrons. The van der Waals surface area contributed by atoms with Crippen LogP contribution in [0.5, 0.6) is 0 Å². The molecule has 0 bridgehead atoms. The van der Waals surface area contributed by atoms with Gasteiger partial charge in [0.1, 0.15) is 5.71 Å². The monoisotopic (exact) mass is 297 g/mol. The lowest BCUT2D eigenvalue weighted by Crippen LogP contribution is -2.23. The second-order valence-corrected chi connectivity index (χ2v) is 10.8. The molecular weight excluding hydrogens is 274 g/mol. The molecule has 3 heteroatoms. The van der Waals surface area contributed by atoms with Crippen LogP contribution in [0.4, 0.5) is 0 Å². The molecule has 0 fully saturated rings. The van der Waals surface area contributed by atoms with E-state index >= 15 is 0 Å². The largest absolute Gasteiger partial charge is 0.455 e. The van der Waals surface area contributed by atoms with Crippen molar-refractivity contribution < 1.29 is 4.53 Å². The molecule has 0 heterocycles. The zero-order valence-corrected chi connectivity index (χ0v) is 14.5. The minimum atomic E-state index is -1.70. The van der Waals surface area contributed by atoms with Crippen molar-refractivity contribution in [2.75, 3.05) is 0 Å². The quantitative estimate of drug-likeness (QED) is 0.446. The second-order valence-electron chi connectivity index (χ2n) is 6.38. The van der Waals surface area contributed by atoms with Crippen molar-refractivity contribution in [1.82, 2.24) is 0 Å². The highest BCUT2D eigenvalue weighted by molar-refractivity contribution is 6.69. The van der Waals surface area contributed by atoms with Gasteiger partial charge in [0, 0.05) is 11.1 Å². The minimum absolute atomic E-state index is 0.900. The summed E-state index contributed by atoms with van der Waals surface area (Å²) < 4.78 is 5.79. The Morgan fingerprint density at radius 3 is 1.48 bits per heavy atom. The van der Waals surface area contributed by atoms with Crippen LogP contribution in [0.3, 0.4) is 0 Å². The molecule has 0 aliphatic heterocycles. The number of aryl methyl sites for hydroxylation is 2. The van der Waals surface area contributed by atoms with E-state index in [-0.39, 0.29) is 0 Å². The van der Waals surface area contributed by atoms with E-state index in [0.717, 1.165) is 16.8 Å². The molecule has 0 aliphatic rings.